The SMILES string of the molecule is CCS(=O)(=O)NCc1cccc(C#CCO)c1. The predicted octanol–water partition coefficient (Wildman–Crippen LogP) is 0.470. The fourth-order valence-electron chi connectivity index (χ4n) is 1.20. The van der Waals surface area contributed by atoms with Gasteiger partial charge in [0, 0.05) is 12.1 Å². The standard InChI is InChI=1S/C12H15NO3S/c1-2-17(15,16)13-10-12-6-3-5-11(9-12)7-4-8-14/h3,5-6,9,13-14H,2,8,10H2,1H3. The Morgan fingerprint density at radius 2 is 2.18 bits per heavy atom. The summed E-state index contributed by atoms with van der Waals surface area (Å²) in [5.74, 6) is 5.38. The van der Waals surface area contributed by atoms with E-state index in [2.05, 4.69) is 16.6 Å². The van der Waals surface area contributed by atoms with E-state index in [0.717, 1.165) is 11.1 Å². The molecular formula is C12H15NO3S. The van der Waals surface area contributed by atoms with E-state index < -0.39 is 10.0 Å². The zero-order valence-corrected chi connectivity index (χ0v) is 10.4. The molecule has 0 saturated heterocycles. The third-order valence-corrected chi connectivity index (χ3v) is 3.46. The summed E-state index contributed by atoms with van der Waals surface area (Å²) in [7, 11) is -3.17. The molecule has 0 fully saturated rings. The van der Waals surface area contributed by atoms with Crippen molar-refractivity contribution in [2.75, 3.05) is 12.4 Å². The third kappa shape index (κ3) is 5.00. The zero-order valence-electron chi connectivity index (χ0n) is 9.60. The first-order valence-corrected chi connectivity index (χ1v) is 6.88. The van der Waals surface area contributed by atoms with Gasteiger partial charge in [0.15, 0.2) is 0 Å². The summed E-state index contributed by atoms with van der Waals surface area (Å²) in [5.41, 5.74) is 1.60. The smallest absolute Gasteiger partial charge is 0.211 e. The lowest BCUT2D eigenvalue weighted by molar-refractivity contribution is 0.350. The molecule has 92 valence electrons. The maximum Gasteiger partial charge on any atom is 0.211 e. The molecule has 0 aliphatic rings. The number of nitrogens with one attached hydrogen (secondary N) is 1. The summed E-state index contributed by atoms with van der Waals surface area (Å²) in [5, 5.41) is 8.57. The van der Waals surface area contributed by atoms with Crippen molar-refractivity contribution in [3.05, 3.63) is 35.4 Å². The van der Waals surface area contributed by atoms with Crippen molar-refractivity contribution in [2.45, 2.75) is 13.5 Å². The first-order chi connectivity index (χ1) is 8.07. The quantitative estimate of drug-likeness (QED) is 0.767. The minimum absolute atomic E-state index is 0.0665. The van der Waals surface area contributed by atoms with Crippen molar-refractivity contribution in [3.8, 4) is 11.8 Å². The molecule has 0 heterocycles. The van der Waals surface area contributed by atoms with E-state index in [1.165, 1.54) is 0 Å². The van der Waals surface area contributed by atoms with Gasteiger partial charge in [-0.3, -0.25) is 0 Å². The molecule has 0 aromatic heterocycles. The third-order valence-electron chi connectivity index (χ3n) is 2.12. The Balaban J connectivity index is 2.73. The van der Waals surface area contributed by atoms with Gasteiger partial charge in [0.05, 0.1) is 5.75 Å². The predicted molar refractivity (Wildman–Crippen MR) is 66.7 cm³/mol. The summed E-state index contributed by atoms with van der Waals surface area (Å²) in [6, 6.07) is 7.22. The molecule has 0 radical (unpaired) electrons. The second-order valence-corrected chi connectivity index (χ2v) is 5.48. The van der Waals surface area contributed by atoms with Crippen molar-refractivity contribution in [1.29, 1.82) is 0 Å². The first-order valence-electron chi connectivity index (χ1n) is 5.23. The second-order valence-electron chi connectivity index (χ2n) is 3.38. The lowest BCUT2D eigenvalue weighted by atomic mass is 10.1. The number of benzene rings is 1. The summed E-state index contributed by atoms with van der Waals surface area (Å²) in [6.07, 6.45) is 0. The Bertz CT molecular complexity index is 526. The highest BCUT2D eigenvalue weighted by Crippen LogP contribution is 2.04. The fourth-order valence-corrected chi connectivity index (χ4v) is 1.79. The molecule has 0 aliphatic heterocycles. The molecule has 0 saturated carbocycles. The molecule has 5 heteroatoms. The van der Waals surface area contributed by atoms with E-state index in [0.29, 0.717) is 0 Å². The average molecular weight is 253 g/mol. The molecule has 0 atom stereocenters. The van der Waals surface area contributed by atoms with Gasteiger partial charge in [-0.1, -0.05) is 24.0 Å². The monoisotopic (exact) mass is 253 g/mol. The van der Waals surface area contributed by atoms with Crippen molar-refractivity contribution < 1.29 is 13.5 Å². The van der Waals surface area contributed by atoms with E-state index in [1.807, 2.05) is 6.07 Å². The van der Waals surface area contributed by atoms with Crippen molar-refractivity contribution in [1.82, 2.24) is 4.72 Å². The Morgan fingerprint density at radius 1 is 1.41 bits per heavy atom. The highest BCUT2D eigenvalue weighted by atomic mass is 32.2. The van der Waals surface area contributed by atoms with Crippen LogP contribution in [0.25, 0.3) is 0 Å². The first kappa shape index (κ1) is 13.7. The molecule has 1 aromatic rings. The zero-order chi connectivity index (χ0) is 12.7. The molecule has 0 aliphatic carbocycles. The molecule has 0 amide bonds. The van der Waals surface area contributed by atoms with E-state index in [-0.39, 0.29) is 18.9 Å². The van der Waals surface area contributed by atoms with Crippen LogP contribution in [-0.4, -0.2) is 25.9 Å². The Morgan fingerprint density at radius 3 is 2.82 bits per heavy atom. The number of hydrogen-bond donors (Lipinski definition) is 2. The van der Waals surface area contributed by atoms with Crippen LogP contribution >= 0.6 is 0 Å². The molecule has 4 nitrogen and oxygen atoms in total. The summed E-state index contributed by atoms with van der Waals surface area (Å²) >= 11 is 0. The van der Waals surface area contributed by atoms with Gasteiger partial charge < -0.3 is 5.11 Å². The normalized spacial score (nSPS) is 10.7. The Hall–Kier alpha value is -1.35. The lowest BCUT2D eigenvalue weighted by Crippen LogP contribution is -2.24. The summed E-state index contributed by atoms with van der Waals surface area (Å²) in [4.78, 5) is 0. The lowest BCUT2D eigenvalue weighted by Gasteiger charge is -2.04. The topological polar surface area (TPSA) is 66.4 Å². The fraction of sp³-hybridized carbons (Fsp3) is 0.333. The van der Waals surface area contributed by atoms with Crippen LogP contribution in [0.3, 0.4) is 0 Å². The number of rotatable bonds is 4. The number of aliphatic hydroxyl groups excluding tert-OH is 1. The minimum atomic E-state index is -3.17. The Labute approximate surface area is 102 Å². The largest absolute Gasteiger partial charge is 0.384 e. The van der Waals surface area contributed by atoms with Crippen LogP contribution < -0.4 is 4.72 Å². The van der Waals surface area contributed by atoms with Gasteiger partial charge in [-0.2, -0.15) is 0 Å². The van der Waals surface area contributed by atoms with Crippen LogP contribution in [0, 0.1) is 11.8 Å². The molecule has 1 aromatic carbocycles. The number of sulfonamides is 1. The van der Waals surface area contributed by atoms with Crippen molar-refractivity contribution >= 4 is 10.0 Å². The Kier molecular flexibility index (Phi) is 5.16. The maximum atomic E-state index is 11.3. The molecule has 2 N–H and O–H groups in total. The molecule has 0 bridgehead atoms. The van der Waals surface area contributed by atoms with Gasteiger partial charge in [-0.05, 0) is 24.6 Å². The van der Waals surface area contributed by atoms with Gasteiger partial charge in [0.1, 0.15) is 6.61 Å². The molecule has 17 heavy (non-hydrogen) atoms. The van der Waals surface area contributed by atoms with E-state index in [4.69, 9.17) is 5.11 Å². The van der Waals surface area contributed by atoms with Gasteiger partial charge in [0.2, 0.25) is 10.0 Å². The van der Waals surface area contributed by atoms with Crippen LogP contribution in [0.4, 0.5) is 0 Å². The van der Waals surface area contributed by atoms with E-state index in [1.54, 1.807) is 25.1 Å². The summed E-state index contributed by atoms with van der Waals surface area (Å²) < 4.78 is 25.0. The maximum absolute atomic E-state index is 11.3. The van der Waals surface area contributed by atoms with Gasteiger partial charge >= 0.3 is 0 Å². The minimum Gasteiger partial charge on any atom is -0.384 e. The number of aliphatic hydroxyl groups is 1. The highest BCUT2D eigenvalue weighted by Gasteiger charge is 2.05. The second kappa shape index (κ2) is 6.40. The van der Waals surface area contributed by atoms with E-state index >= 15 is 0 Å². The van der Waals surface area contributed by atoms with Crippen LogP contribution in [0.2, 0.25) is 0 Å². The van der Waals surface area contributed by atoms with Crippen LogP contribution in [0.15, 0.2) is 24.3 Å². The van der Waals surface area contributed by atoms with Crippen LogP contribution in [0.5, 0.6) is 0 Å². The van der Waals surface area contributed by atoms with Gasteiger partial charge in [-0.25, -0.2) is 13.1 Å². The van der Waals surface area contributed by atoms with Crippen molar-refractivity contribution in [2.24, 2.45) is 0 Å². The van der Waals surface area contributed by atoms with Crippen LogP contribution in [0.1, 0.15) is 18.1 Å². The molecule has 0 unspecified atom stereocenters. The van der Waals surface area contributed by atoms with Gasteiger partial charge in [-0.15, -0.1) is 0 Å². The highest BCUT2D eigenvalue weighted by molar-refractivity contribution is 7.89. The summed E-state index contributed by atoms with van der Waals surface area (Å²) in [6.45, 7) is 1.66. The molecule has 1 rings (SSSR count). The van der Waals surface area contributed by atoms with E-state index in [9.17, 15) is 8.42 Å². The van der Waals surface area contributed by atoms with Crippen molar-refractivity contribution in [3.63, 3.8) is 0 Å². The van der Waals surface area contributed by atoms with Crippen LogP contribution in [-0.2, 0) is 16.6 Å². The molecular weight excluding hydrogens is 238 g/mol. The number of hydrogen-bond acceptors (Lipinski definition) is 3. The average Bonchev–Trinajstić information content (AvgIpc) is 2.35. The van der Waals surface area contributed by atoms with Gasteiger partial charge in [0.25, 0.3) is 0 Å². The molecule has 0 spiro atoms.